The standard InChI is InChI=1S/C24H26N4O4/c1-30-21-4-2-3-18(9-21)24(15-31-16-24)32-14-23(29)27-12-19-6-7-20(13-27)28(19)22-8-5-17(10-25)11-26-22/h2-5,8-9,11,19-20H,6-7,12-16H2,1H3. The van der Waals surface area contributed by atoms with E-state index in [4.69, 9.17) is 19.5 Å². The summed E-state index contributed by atoms with van der Waals surface area (Å²) in [6.45, 7) is 2.19. The number of carbonyl (C=O) groups is 1. The molecule has 5 rings (SSSR count). The fraction of sp³-hybridized carbons (Fsp3) is 0.458. The fourth-order valence-electron chi connectivity index (χ4n) is 4.90. The molecular weight excluding hydrogens is 408 g/mol. The Balaban J connectivity index is 1.23. The number of hydrogen-bond acceptors (Lipinski definition) is 7. The van der Waals surface area contributed by atoms with Crippen molar-refractivity contribution in [1.82, 2.24) is 9.88 Å². The van der Waals surface area contributed by atoms with E-state index in [1.54, 1.807) is 19.4 Å². The van der Waals surface area contributed by atoms with Gasteiger partial charge in [-0.2, -0.15) is 5.26 Å². The van der Waals surface area contributed by atoms with Crippen molar-refractivity contribution in [2.24, 2.45) is 0 Å². The lowest BCUT2D eigenvalue weighted by Crippen LogP contribution is -2.57. The second-order valence-corrected chi connectivity index (χ2v) is 8.62. The van der Waals surface area contributed by atoms with Crippen LogP contribution in [0.4, 0.5) is 5.82 Å². The second-order valence-electron chi connectivity index (χ2n) is 8.62. The van der Waals surface area contributed by atoms with Gasteiger partial charge in [-0.3, -0.25) is 4.79 Å². The molecule has 3 aliphatic heterocycles. The molecule has 3 saturated heterocycles. The van der Waals surface area contributed by atoms with Gasteiger partial charge in [-0.05, 0) is 42.7 Å². The lowest BCUT2D eigenvalue weighted by atomic mass is 9.91. The van der Waals surface area contributed by atoms with E-state index in [2.05, 4.69) is 16.0 Å². The number of hydrogen-bond donors (Lipinski definition) is 0. The van der Waals surface area contributed by atoms with Gasteiger partial charge in [0.25, 0.3) is 0 Å². The Bertz CT molecular complexity index is 1020. The molecule has 32 heavy (non-hydrogen) atoms. The summed E-state index contributed by atoms with van der Waals surface area (Å²) in [5, 5.41) is 9.01. The van der Waals surface area contributed by atoms with Crippen LogP contribution in [0.25, 0.3) is 0 Å². The Morgan fingerprint density at radius 2 is 2.03 bits per heavy atom. The van der Waals surface area contributed by atoms with Crippen LogP contribution in [-0.4, -0.2) is 67.9 Å². The molecule has 1 amide bonds. The van der Waals surface area contributed by atoms with Crippen LogP contribution in [0.5, 0.6) is 5.75 Å². The molecule has 2 atom stereocenters. The van der Waals surface area contributed by atoms with Crippen LogP contribution in [-0.2, 0) is 19.9 Å². The Labute approximate surface area is 187 Å². The van der Waals surface area contributed by atoms with Crippen LogP contribution < -0.4 is 9.64 Å². The Morgan fingerprint density at radius 1 is 1.25 bits per heavy atom. The van der Waals surface area contributed by atoms with Gasteiger partial charge in [0.15, 0.2) is 0 Å². The molecule has 2 unspecified atom stereocenters. The molecule has 0 saturated carbocycles. The first-order valence-corrected chi connectivity index (χ1v) is 10.9. The number of methoxy groups -OCH3 is 1. The van der Waals surface area contributed by atoms with Crippen molar-refractivity contribution in [3.63, 3.8) is 0 Å². The molecule has 3 fully saturated rings. The Morgan fingerprint density at radius 3 is 2.62 bits per heavy atom. The summed E-state index contributed by atoms with van der Waals surface area (Å²) in [5.74, 6) is 1.64. The summed E-state index contributed by atoms with van der Waals surface area (Å²) < 4.78 is 16.9. The van der Waals surface area contributed by atoms with Crippen molar-refractivity contribution >= 4 is 11.7 Å². The maximum absolute atomic E-state index is 13.1. The fourth-order valence-corrected chi connectivity index (χ4v) is 4.90. The number of piperazine rings is 1. The third-order valence-electron chi connectivity index (χ3n) is 6.71. The van der Waals surface area contributed by atoms with E-state index < -0.39 is 5.60 Å². The van der Waals surface area contributed by atoms with Crippen molar-refractivity contribution < 1.29 is 19.0 Å². The molecule has 0 N–H and O–H groups in total. The first-order valence-electron chi connectivity index (χ1n) is 10.9. The largest absolute Gasteiger partial charge is 0.497 e. The monoisotopic (exact) mass is 434 g/mol. The first-order chi connectivity index (χ1) is 15.6. The summed E-state index contributed by atoms with van der Waals surface area (Å²) in [4.78, 5) is 21.7. The van der Waals surface area contributed by atoms with Crippen LogP contribution >= 0.6 is 0 Å². The molecule has 8 nitrogen and oxygen atoms in total. The van der Waals surface area contributed by atoms with Gasteiger partial charge in [-0.15, -0.1) is 0 Å². The van der Waals surface area contributed by atoms with E-state index in [1.807, 2.05) is 35.2 Å². The van der Waals surface area contributed by atoms with Crippen LogP contribution in [0.3, 0.4) is 0 Å². The number of amides is 1. The predicted molar refractivity (Wildman–Crippen MR) is 116 cm³/mol. The number of anilines is 1. The number of nitrogens with zero attached hydrogens (tertiary/aromatic N) is 4. The van der Waals surface area contributed by atoms with Crippen LogP contribution in [0, 0.1) is 11.3 Å². The highest BCUT2D eigenvalue weighted by Gasteiger charge is 2.45. The summed E-state index contributed by atoms with van der Waals surface area (Å²) >= 11 is 0. The van der Waals surface area contributed by atoms with E-state index in [0.29, 0.717) is 31.9 Å². The average Bonchev–Trinajstić information content (AvgIpc) is 3.07. The minimum atomic E-state index is -0.600. The maximum Gasteiger partial charge on any atom is 0.248 e. The molecule has 4 heterocycles. The summed E-state index contributed by atoms with van der Waals surface area (Å²) in [6.07, 6.45) is 3.66. The molecule has 166 valence electrons. The van der Waals surface area contributed by atoms with Gasteiger partial charge in [0.2, 0.25) is 5.91 Å². The van der Waals surface area contributed by atoms with Crippen molar-refractivity contribution in [2.45, 2.75) is 30.5 Å². The van der Waals surface area contributed by atoms with Gasteiger partial charge in [0.05, 0.1) is 25.9 Å². The number of carbonyl (C=O) groups excluding carboxylic acids is 1. The minimum absolute atomic E-state index is 0.00325. The molecule has 2 bridgehead atoms. The first kappa shape index (κ1) is 20.7. The summed E-state index contributed by atoms with van der Waals surface area (Å²) in [7, 11) is 1.63. The lowest BCUT2D eigenvalue weighted by molar-refractivity contribution is -0.218. The van der Waals surface area contributed by atoms with Crippen molar-refractivity contribution in [3.8, 4) is 11.8 Å². The molecule has 1 aromatic heterocycles. The lowest BCUT2D eigenvalue weighted by Gasteiger charge is -2.44. The second kappa shape index (κ2) is 8.41. The van der Waals surface area contributed by atoms with E-state index in [9.17, 15) is 4.79 Å². The predicted octanol–water partition coefficient (Wildman–Crippen LogP) is 2.08. The van der Waals surface area contributed by atoms with Gasteiger partial charge >= 0.3 is 0 Å². The average molecular weight is 434 g/mol. The molecule has 8 heteroatoms. The molecule has 2 aromatic rings. The smallest absolute Gasteiger partial charge is 0.248 e. The minimum Gasteiger partial charge on any atom is -0.497 e. The number of rotatable bonds is 6. The highest BCUT2D eigenvalue weighted by atomic mass is 16.6. The highest BCUT2D eigenvalue weighted by molar-refractivity contribution is 5.78. The van der Waals surface area contributed by atoms with Gasteiger partial charge in [0, 0.05) is 31.4 Å². The summed E-state index contributed by atoms with van der Waals surface area (Å²) in [6, 6.07) is 14.0. The number of likely N-dealkylation sites (tertiary alicyclic amines) is 1. The maximum atomic E-state index is 13.1. The zero-order valence-corrected chi connectivity index (χ0v) is 18.1. The zero-order chi connectivity index (χ0) is 22.1. The van der Waals surface area contributed by atoms with E-state index >= 15 is 0 Å². The van der Waals surface area contributed by atoms with Crippen molar-refractivity contribution in [1.29, 1.82) is 5.26 Å². The molecule has 1 aromatic carbocycles. The number of aromatic nitrogens is 1. The molecular formula is C24H26N4O4. The molecule has 0 spiro atoms. The van der Waals surface area contributed by atoms with E-state index in [0.717, 1.165) is 30.0 Å². The molecule has 0 aliphatic carbocycles. The normalized spacial score (nSPS) is 23.4. The van der Waals surface area contributed by atoms with E-state index in [-0.39, 0.29) is 24.6 Å². The highest BCUT2D eigenvalue weighted by Crippen LogP contribution is 2.36. The number of nitriles is 1. The number of benzene rings is 1. The number of pyridine rings is 1. The molecule has 3 aliphatic rings. The Hall–Kier alpha value is -3.15. The van der Waals surface area contributed by atoms with Crippen molar-refractivity contribution in [3.05, 3.63) is 53.7 Å². The zero-order valence-electron chi connectivity index (χ0n) is 18.1. The quantitative estimate of drug-likeness (QED) is 0.688. The molecule has 0 radical (unpaired) electrons. The van der Waals surface area contributed by atoms with Gasteiger partial charge in [0.1, 0.15) is 29.8 Å². The SMILES string of the molecule is COc1cccc(C2(OCC(=O)N3CC4CCC(C3)N4c3ccc(C#N)cn3)COC2)c1. The van der Waals surface area contributed by atoms with Crippen LogP contribution in [0.2, 0.25) is 0 Å². The summed E-state index contributed by atoms with van der Waals surface area (Å²) in [5.41, 5.74) is 0.918. The van der Waals surface area contributed by atoms with E-state index in [1.165, 1.54) is 0 Å². The number of fused-ring (bicyclic) bond motifs is 2. The van der Waals surface area contributed by atoms with Crippen LogP contribution in [0.1, 0.15) is 24.0 Å². The topological polar surface area (TPSA) is 87.9 Å². The van der Waals surface area contributed by atoms with Crippen molar-refractivity contribution in [2.75, 3.05) is 44.9 Å². The van der Waals surface area contributed by atoms with Gasteiger partial charge < -0.3 is 24.0 Å². The van der Waals surface area contributed by atoms with Crippen LogP contribution in [0.15, 0.2) is 42.6 Å². The van der Waals surface area contributed by atoms with Gasteiger partial charge in [-0.25, -0.2) is 4.98 Å². The van der Waals surface area contributed by atoms with Gasteiger partial charge in [-0.1, -0.05) is 12.1 Å². The number of ether oxygens (including phenoxy) is 3. The third-order valence-corrected chi connectivity index (χ3v) is 6.71. The third kappa shape index (κ3) is 3.68. The Kier molecular flexibility index (Phi) is 5.45.